The van der Waals surface area contributed by atoms with Crippen molar-refractivity contribution in [1.29, 1.82) is 5.26 Å². The van der Waals surface area contributed by atoms with E-state index in [1.54, 1.807) is 7.11 Å². The number of aromatic amines is 1. The van der Waals surface area contributed by atoms with Gasteiger partial charge in [0.1, 0.15) is 11.3 Å². The number of methoxy groups -OCH3 is 1. The molecule has 31 heavy (non-hydrogen) atoms. The summed E-state index contributed by atoms with van der Waals surface area (Å²) in [6.07, 6.45) is 5.56. The number of nitriles is 1. The lowest BCUT2D eigenvalue weighted by molar-refractivity contribution is -0.144. The number of ether oxygens (including phenoxy) is 1. The molecule has 1 aliphatic heterocycles. The summed E-state index contributed by atoms with van der Waals surface area (Å²) in [5.74, 6) is 0.116. The summed E-state index contributed by atoms with van der Waals surface area (Å²) in [7, 11) is 1.66. The van der Waals surface area contributed by atoms with Gasteiger partial charge in [-0.25, -0.2) is 0 Å². The molecule has 7 heteroatoms. The second-order valence-corrected chi connectivity index (χ2v) is 9.18. The van der Waals surface area contributed by atoms with Crippen molar-refractivity contribution in [3.05, 3.63) is 29.5 Å². The highest BCUT2D eigenvalue weighted by molar-refractivity contribution is 5.90. The molecule has 2 heterocycles. The van der Waals surface area contributed by atoms with E-state index in [2.05, 4.69) is 16.4 Å². The van der Waals surface area contributed by atoms with Crippen LogP contribution in [0.2, 0.25) is 0 Å². The zero-order chi connectivity index (χ0) is 21.6. The number of hydrogen-bond acceptors (Lipinski definition) is 4. The number of rotatable bonds is 4. The van der Waals surface area contributed by atoms with E-state index in [0.29, 0.717) is 32.4 Å². The van der Waals surface area contributed by atoms with E-state index >= 15 is 0 Å². The first kappa shape index (κ1) is 19.9. The van der Waals surface area contributed by atoms with Gasteiger partial charge >= 0.3 is 0 Å². The van der Waals surface area contributed by atoms with E-state index in [1.807, 2.05) is 23.1 Å². The van der Waals surface area contributed by atoms with Crippen LogP contribution >= 0.6 is 0 Å². The molecule has 2 aromatic rings. The Morgan fingerprint density at radius 1 is 1.26 bits per heavy atom. The molecule has 3 aliphatic rings. The molecule has 2 N–H and O–H groups in total. The molecule has 1 aromatic heterocycles. The van der Waals surface area contributed by atoms with Crippen molar-refractivity contribution in [2.24, 2.45) is 11.8 Å². The average Bonchev–Trinajstić information content (AvgIpc) is 3.49. The van der Waals surface area contributed by atoms with Crippen LogP contribution in [0.25, 0.3) is 10.9 Å². The zero-order valence-electron chi connectivity index (χ0n) is 17.9. The van der Waals surface area contributed by atoms with Gasteiger partial charge in [0.05, 0.1) is 13.2 Å². The molecule has 0 radical (unpaired) electrons. The van der Waals surface area contributed by atoms with Crippen LogP contribution in [0.5, 0.6) is 5.75 Å². The van der Waals surface area contributed by atoms with Gasteiger partial charge in [0.15, 0.2) is 0 Å². The topological polar surface area (TPSA) is 98.2 Å². The van der Waals surface area contributed by atoms with Gasteiger partial charge in [0.25, 0.3) is 0 Å². The second-order valence-electron chi connectivity index (χ2n) is 9.18. The molecule has 2 atom stereocenters. The number of benzene rings is 1. The summed E-state index contributed by atoms with van der Waals surface area (Å²) in [6.45, 7) is 1.21. The number of H-pyrrole nitrogens is 1. The highest BCUT2D eigenvalue weighted by Crippen LogP contribution is 2.38. The number of nitrogens with zero attached hydrogens (tertiary/aromatic N) is 2. The molecule has 2 fully saturated rings. The maximum Gasteiger partial charge on any atom is 0.226 e. The molecule has 0 spiro atoms. The minimum Gasteiger partial charge on any atom is -0.497 e. The predicted octanol–water partition coefficient (Wildman–Crippen LogP) is 3.04. The van der Waals surface area contributed by atoms with E-state index in [9.17, 15) is 14.9 Å². The van der Waals surface area contributed by atoms with Crippen molar-refractivity contribution in [3.63, 3.8) is 0 Å². The number of carbonyl (C=O) groups is 2. The van der Waals surface area contributed by atoms with Crippen LogP contribution < -0.4 is 10.1 Å². The van der Waals surface area contributed by atoms with Crippen molar-refractivity contribution >= 4 is 22.7 Å². The number of nitrogens with one attached hydrogen (secondary N) is 2. The third-order valence-corrected chi connectivity index (χ3v) is 7.24. The number of amides is 2. The second kappa shape index (κ2) is 7.60. The first-order valence-corrected chi connectivity index (χ1v) is 11.2. The van der Waals surface area contributed by atoms with Crippen LogP contribution in [-0.4, -0.2) is 40.9 Å². The van der Waals surface area contributed by atoms with E-state index in [0.717, 1.165) is 47.9 Å². The molecule has 1 aromatic carbocycles. The van der Waals surface area contributed by atoms with Crippen molar-refractivity contribution in [3.8, 4) is 11.8 Å². The van der Waals surface area contributed by atoms with Gasteiger partial charge in [-0.05, 0) is 43.9 Å². The van der Waals surface area contributed by atoms with Crippen LogP contribution in [-0.2, 0) is 22.6 Å². The standard InChI is InChI=1S/C24H28N4O3/c1-31-15-6-7-20-18(12-15)19-13-28(11-8-21(19)26-20)23(30)17-5-3-2-4-16(17)22(29)27-24(14-25)9-10-24/h6-7,12,16-17,26H,2-5,8-11,13H2,1H3,(H,27,29). The van der Waals surface area contributed by atoms with Crippen molar-refractivity contribution in [2.75, 3.05) is 13.7 Å². The largest absolute Gasteiger partial charge is 0.497 e. The summed E-state index contributed by atoms with van der Waals surface area (Å²) in [5, 5.41) is 13.4. The van der Waals surface area contributed by atoms with Gasteiger partial charge in [-0.3, -0.25) is 9.59 Å². The summed E-state index contributed by atoms with van der Waals surface area (Å²) in [5.41, 5.74) is 2.69. The Morgan fingerprint density at radius 2 is 2.03 bits per heavy atom. The molecule has 2 unspecified atom stereocenters. The third kappa shape index (κ3) is 3.54. The van der Waals surface area contributed by atoms with Gasteiger partial charge in [0, 0.05) is 53.5 Å². The van der Waals surface area contributed by atoms with E-state index in [-0.39, 0.29) is 23.7 Å². The van der Waals surface area contributed by atoms with Gasteiger partial charge in [-0.2, -0.15) is 5.26 Å². The molecule has 2 aliphatic carbocycles. The minimum atomic E-state index is -0.689. The zero-order valence-corrected chi connectivity index (χ0v) is 17.9. The normalized spacial score (nSPS) is 24.2. The number of carbonyl (C=O) groups excluding carboxylic acids is 2. The van der Waals surface area contributed by atoms with E-state index in [1.165, 1.54) is 5.69 Å². The molecular formula is C24H28N4O3. The minimum absolute atomic E-state index is 0.0737. The molecule has 0 saturated heterocycles. The number of hydrogen-bond donors (Lipinski definition) is 2. The first-order chi connectivity index (χ1) is 15.0. The highest BCUT2D eigenvalue weighted by Gasteiger charge is 2.47. The monoisotopic (exact) mass is 420 g/mol. The first-order valence-electron chi connectivity index (χ1n) is 11.2. The van der Waals surface area contributed by atoms with Gasteiger partial charge < -0.3 is 19.9 Å². The Balaban J connectivity index is 1.36. The van der Waals surface area contributed by atoms with Crippen LogP contribution in [0.3, 0.4) is 0 Å². The lowest BCUT2D eigenvalue weighted by Gasteiger charge is -2.36. The molecule has 2 saturated carbocycles. The predicted molar refractivity (Wildman–Crippen MR) is 115 cm³/mol. The summed E-state index contributed by atoms with van der Waals surface area (Å²) in [4.78, 5) is 31.9. The maximum atomic E-state index is 13.6. The third-order valence-electron chi connectivity index (χ3n) is 7.24. The van der Waals surface area contributed by atoms with Crippen molar-refractivity contribution in [2.45, 2.75) is 57.0 Å². The Hall–Kier alpha value is -3.01. The molecular weight excluding hydrogens is 392 g/mol. The molecule has 162 valence electrons. The molecule has 5 rings (SSSR count). The Kier molecular flexibility index (Phi) is 4.88. The van der Waals surface area contributed by atoms with Gasteiger partial charge in [-0.15, -0.1) is 0 Å². The maximum absolute atomic E-state index is 13.6. The van der Waals surface area contributed by atoms with Crippen LogP contribution in [0.15, 0.2) is 18.2 Å². The average molecular weight is 421 g/mol. The van der Waals surface area contributed by atoms with Crippen molar-refractivity contribution in [1.82, 2.24) is 15.2 Å². The number of aromatic nitrogens is 1. The lowest BCUT2D eigenvalue weighted by Crippen LogP contribution is -2.48. The Labute approximate surface area is 181 Å². The quantitative estimate of drug-likeness (QED) is 0.794. The van der Waals surface area contributed by atoms with Gasteiger partial charge in [-0.1, -0.05) is 12.8 Å². The fourth-order valence-corrected chi connectivity index (χ4v) is 5.20. The summed E-state index contributed by atoms with van der Waals surface area (Å²) in [6, 6.07) is 8.20. The molecule has 0 bridgehead atoms. The van der Waals surface area contributed by atoms with Crippen molar-refractivity contribution < 1.29 is 14.3 Å². The highest BCUT2D eigenvalue weighted by atomic mass is 16.5. The van der Waals surface area contributed by atoms with E-state index < -0.39 is 5.54 Å². The van der Waals surface area contributed by atoms with Crippen LogP contribution in [0.1, 0.15) is 49.8 Å². The Bertz CT molecular complexity index is 1080. The SMILES string of the molecule is COc1ccc2[nH]c3c(c2c1)CN(C(=O)C1CCCCC1C(=O)NC1(C#N)CC1)CC3. The van der Waals surface area contributed by atoms with E-state index in [4.69, 9.17) is 4.74 Å². The number of fused-ring (bicyclic) bond motifs is 3. The molecule has 7 nitrogen and oxygen atoms in total. The smallest absolute Gasteiger partial charge is 0.226 e. The Morgan fingerprint density at radius 3 is 2.74 bits per heavy atom. The summed E-state index contributed by atoms with van der Waals surface area (Å²) < 4.78 is 5.38. The molecule has 2 amide bonds. The fourth-order valence-electron chi connectivity index (χ4n) is 5.20. The van der Waals surface area contributed by atoms with Crippen LogP contribution in [0, 0.1) is 23.2 Å². The fraction of sp³-hybridized carbons (Fsp3) is 0.542. The lowest BCUT2D eigenvalue weighted by atomic mass is 9.77. The van der Waals surface area contributed by atoms with Crippen LogP contribution in [0.4, 0.5) is 0 Å². The van der Waals surface area contributed by atoms with Gasteiger partial charge in [0.2, 0.25) is 11.8 Å². The summed E-state index contributed by atoms with van der Waals surface area (Å²) >= 11 is 0.